The Bertz CT molecular complexity index is 1750. The summed E-state index contributed by atoms with van der Waals surface area (Å²) in [7, 11) is -9.69. The monoisotopic (exact) mass is 552 g/mol. The van der Waals surface area contributed by atoms with Gasteiger partial charge in [-0.1, -0.05) is 47.0 Å². The van der Waals surface area contributed by atoms with Crippen molar-refractivity contribution >= 4 is 65.2 Å². The van der Waals surface area contributed by atoms with Gasteiger partial charge in [-0.15, -0.1) is 14.6 Å². The van der Waals surface area contributed by atoms with Crippen molar-refractivity contribution in [1.29, 1.82) is 0 Å². The molecule has 4 aromatic rings. The van der Waals surface area contributed by atoms with Gasteiger partial charge in [-0.25, -0.2) is 5.26 Å². The number of hydrogen-bond acceptors (Lipinski definition) is 11. The number of phenols is 1. The molecule has 0 unspecified atom stereocenters. The first-order valence-corrected chi connectivity index (χ1v) is 13.4. The predicted octanol–water partition coefficient (Wildman–Crippen LogP) is 5.34. The molecular weight excluding hydrogens is 536 g/mol. The fraction of sp³-hybridized carbons (Fsp3) is 0.0476. The van der Waals surface area contributed by atoms with E-state index in [0.717, 1.165) is 17.7 Å². The minimum atomic E-state index is -4.98. The second kappa shape index (κ2) is 9.72. The topological polar surface area (TPSA) is 192 Å². The number of aryl methyl sites for hydroxylation is 1. The summed E-state index contributed by atoms with van der Waals surface area (Å²) in [6.07, 6.45) is 0. The Hall–Kier alpha value is -3.15. The van der Waals surface area contributed by atoms with Gasteiger partial charge in [0.25, 0.3) is 20.2 Å². The van der Waals surface area contributed by atoms with Crippen LogP contribution in [0, 0.1) is 6.92 Å². The van der Waals surface area contributed by atoms with Gasteiger partial charge in [-0.05, 0) is 30.5 Å². The first-order chi connectivity index (χ1) is 16.9. The molecule has 0 heterocycles. The molecule has 0 aliphatic rings. The van der Waals surface area contributed by atoms with Crippen LogP contribution < -0.4 is 0 Å². The van der Waals surface area contributed by atoms with E-state index in [1.807, 2.05) is 6.92 Å². The highest BCUT2D eigenvalue weighted by molar-refractivity contribution is 7.94. The van der Waals surface area contributed by atoms with E-state index >= 15 is 0 Å². The number of phenolic OH excluding ortho intramolecular Hbond substituents is 1. The number of benzene rings is 4. The molecule has 0 saturated carbocycles. The number of azo groups is 1. The van der Waals surface area contributed by atoms with Crippen molar-refractivity contribution in [2.24, 2.45) is 10.2 Å². The van der Waals surface area contributed by atoms with Crippen molar-refractivity contribution in [3.63, 3.8) is 0 Å². The molecule has 4 N–H and O–H groups in total. The van der Waals surface area contributed by atoms with Crippen LogP contribution >= 0.6 is 12.0 Å². The van der Waals surface area contributed by atoms with Crippen LogP contribution in [-0.2, 0) is 29.6 Å². The van der Waals surface area contributed by atoms with Crippen molar-refractivity contribution in [2.45, 2.75) is 21.6 Å². The zero-order chi connectivity index (χ0) is 26.3. The van der Waals surface area contributed by atoms with Crippen LogP contribution in [-0.4, -0.2) is 36.3 Å². The highest BCUT2D eigenvalue weighted by atomic mass is 32.2. The third kappa shape index (κ3) is 5.04. The molecule has 36 heavy (non-hydrogen) atoms. The Kier molecular flexibility index (Phi) is 7.00. The van der Waals surface area contributed by atoms with Gasteiger partial charge in [0, 0.05) is 16.2 Å². The van der Waals surface area contributed by atoms with E-state index in [0.29, 0.717) is 22.8 Å². The molecule has 0 amide bonds. The zero-order valence-corrected chi connectivity index (χ0v) is 20.5. The fourth-order valence-corrected chi connectivity index (χ4v) is 5.68. The number of rotatable bonds is 7. The van der Waals surface area contributed by atoms with Crippen LogP contribution in [0.1, 0.15) is 5.56 Å². The Morgan fingerprint density at radius 3 is 2.25 bits per heavy atom. The Morgan fingerprint density at radius 1 is 0.861 bits per heavy atom. The van der Waals surface area contributed by atoms with Crippen molar-refractivity contribution in [1.82, 2.24) is 0 Å². The Balaban J connectivity index is 1.96. The summed E-state index contributed by atoms with van der Waals surface area (Å²) in [5, 5.41) is 31.4. The molecule has 0 atom stereocenters. The molecule has 188 valence electrons. The first kappa shape index (κ1) is 25.9. The largest absolute Gasteiger partial charge is 0.505 e. The van der Waals surface area contributed by atoms with E-state index in [9.17, 15) is 31.0 Å². The second-order valence-corrected chi connectivity index (χ2v) is 10.9. The van der Waals surface area contributed by atoms with Crippen molar-refractivity contribution in [2.75, 3.05) is 0 Å². The predicted molar refractivity (Wildman–Crippen MR) is 129 cm³/mol. The van der Waals surface area contributed by atoms with Crippen LogP contribution in [0.25, 0.3) is 21.5 Å². The molecule has 0 aliphatic heterocycles. The number of fused-ring (bicyclic) bond motifs is 2. The average molecular weight is 553 g/mol. The fourth-order valence-electron chi connectivity index (χ4n) is 3.65. The molecule has 4 aromatic carbocycles. The van der Waals surface area contributed by atoms with Gasteiger partial charge in [0.15, 0.2) is 5.75 Å². The second-order valence-electron chi connectivity index (χ2n) is 7.44. The lowest BCUT2D eigenvalue weighted by molar-refractivity contribution is -0.432. The third-order valence-corrected chi connectivity index (χ3v) is 7.58. The lowest BCUT2D eigenvalue weighted by Crippen LogP contribution is -2.03. The number of aromatic hydroxyl groups is 1. The summed E-state index contributed by atoms with van der Waals surface area (Å²) in [6.45, 7) is 1.84. The molecule has 4 rings (SSSR count). The summed E-state index contributed by atoms with van der Waals surface area (Å²) in [5.74, 6) is -0.344. The summed E-state index contributed by atoms with van der Waals surface area (Å²) in [4.78, 5) is -1.21. The molecule has 0 aromatic heterocycles. The zero-order valence-electron chi connectivity index (χ0n) is 18.1. The van der Waals surface area contributed by atoms with E-state index in [4.69, 9.17) is 5.26 Å². The lowest BCUT2D eigenvalue weighted by atomic mass is 10.1. The molecular formula is C21H16N2O10S3. The van der Waals surface area contributed by atoms with Crippen LogP contribution in [0.15, 0.2) is 79.5 Å². The van der Waals surface area contributed by atoms with Crippen LogP contribution in [0.3, 0.4) is 0 Å². The summed E-state index contributed by atoms with van der Waals surface area (Å²) in [6, 6.07) is 12.4. The van der Waals surface area contributed by atoms with E-state index in [1.165, 1.54) is 18.2 Å². The molecule has 0 saturated heterocycles. The van der Waals surface area contributed by atoms with E-state index in [2.05, 4.69) is 19.6 Å². The highest BCUT2D eigenvalue weighted by Crippen LogP contribution is 2.45. The van der Waals surface area contributed by atoms with Gasteiger partial charge in [0.05, 0.1) is 16.9 Å². The maximum absolute atomic E-state index is 12.2. The molecule has 15 heteroatoms. The van der Waals surface area contributed by atoms with E-state index in [-0.39, 0.29) is 27.1 Å². The van der Waals surface area contributed by atoms with Crippen LogP contribution in [0.2, 0.25) is 0 Å². The molecule has 12 nitrogen and oxygen atoms in total. The minimum Gasteiger partial charge on any atom is -0.505 e. The quantitative estimate of drug-likeness (QED) is 0.0759. The summed E-state index contributed by atoms with van der Waals surface area (Å²) in [5.41, 5.74) is 0.322. The van der Waals surface area contributed by atoms with Crippen molar-refractivity contribution < 1.29 is 45.7 Å². The normalized spacial score (nSPS) is 12.7. The van der Waals surface area contributed by atoms with Crippen molar-refractivity contribution in [3.05, 3.63) is 60.2 Å². The average Bonchev–Trinajstić information content (AvgIpc) is 2.79. The van der Waals surface area contributed by atoms with E-state index in [1.54, 1.807) is 24.3 Å². The highest BCUT2D eigenvalue weighted by Gasteiger charge is 2.24. The molecule has 0 radical (unpaired) electrons. The molecule has 0 aliphatic carbocycles. The molecule has 0 bridgehead atoms. The van der Waals surface area contributed by atoms with Gasteiger partial charge in [-0.3, -0.25) is 9.11 Å². The van der Waals surface area contributed by atoms with Gasteiger partial charge < -0.3 is 5.11 Å². The van der Waals surface area contributed by atoms with Gasteiger partial charge in [0.1, 0.15) is 21.2 Å². The van der Waals surface area contributed by atoms with Crippen LogP contribution in [0.4, 0.5) is 11.4 Å². The Morgan fingerprint density at radius 2 is 1.58 bits per heavy atom. The molecule has 0 fully saturated rings. The summed E-state index contributed by atoms with van der Waals surface area (Å²) >= 11 is 0.486. The van der Waals surface area contributed by atoms with E-state index < -0.39 is 35.7 Å². The van der Waals surface area contributed by atoms with Gasteiger partial charge in [0.2, 0.25) is 0 Å². The maximum atomic E-state index is 12.2. The van der Waals surface area contributed by atoms with Crippen molar-refractivity contribution in [3.8, 4) is 5.75 Å². The smallest absolute Gasteiger partial charge is 0.297 e. The van der Waals surface area contributed by atoms with Crippen LogP contribution in [0.5, 0.6) is 5.75 Å². The number of hydrogen-bond donors (Lipinski definition) is 4. The Labute approximate surface area is 208 Å². The maximum Gasteiger partial charge on any atom is 0.297 e. The van der Waals surface area contributed by atoms with Gasteiger partial charge >= 0.3 is 0 Å². The first-order valence-electron chi connectivity index (χ1n) is 9.75. The standard InChI is InChI=1S/C21H16N2O10S3/c1-11-5-6-13-12(9-11)10-17(34-33-32-25)19(20(13)24)23-22-16-8-7-14-15(21(16)36(29,30)31)3-2-4-18(14)35(26,27)28/h2-10,24-25H,1H3,(H,26,27,28)(H,29,30,31)/b23-22-. The summed E-state index contributed by atoms with van der Waals surface area (Å²) < 4.78 is 71.8. The lowest BCUT2D eigenvalue weighted by Gasteiger charge is -2.11. The minimum absolute atomic E-state index is 0.131. The number of nitrogens with zero attached hydrogens (tertiary/aromatic N) is 2. The molecule has 0 spiro atoms. The SMILES string of the molecule is Cc1ccc2c(O)c(/N=N\c3ccc4c(S(=O)(=O)O)cccc4c3S(=O)(=O)O)c(SOOO)cc2c1. The third-order valence-electron chi connectivity index (χ3n) is 5.11. The van der Waals surface area contributed by atoms with Gasteiger partial charge in [-0.2, -0.15) is 16.8 Å².